The van der Waals surface area contributed by atoms with E-state index in [1.54, 1.807) is 16.7 Å². The highest BCUT2D eigenvalue weighted by Crippen LogP contribution is 2.72. The molecule has 2 aromatic carbocycles. The number of thioether (sulfide) groups is 1. The third-order valence-electron chi connectivity index (χ3n) is 9.70. The highest BCUT2D eigenvalue weighted by molar-refractivity contribution is 8.02. The second-order valence-corrected chi connectivity index (χ2v) is 14.0. The third kappa shape index (κ3) is 4.53. The molecule has 1 spiro atoms. The fraction of sp³-hybridized carbons (Fsp3) is 0.531. The van der Waals surface area contributed by atoms with E-state index in [1.165, 1.54) is 6.42 Å². The molecule has 0 radical (unpaired) electrons. The first-order valence-electron chi connectivity index (χ1n) is 14.7. The number of aliphatic hydroxyl groups is 1. The minimum absolute atomic E-state index is 0.0992. The molecule has 4 fully saturated rings. The molecule has 3 aliphatic heterocycles. The van der Waals surface area contributed by atoms with Gasteiger partial charge in [-0.25, -0.2) is 0 Å². The predicted octanol–water partition coefficient (Wildman–Crippen LogP) is 3.97. The Bertz CT molecular complexity index is 1250. The Hall–Kier alpha value is -2.84. The Morgan fingerprint density at radius 1 is 1.00 bits per heavy atom. The Morgan fingerprint density at radius 2 is 1.68 bits per heavy atom. The van der Waals surface area contributed by atoms with Crippen LogP contribution in [0.15, 0.2) is 60.7 Å². The van der Waals surface area contributed by atoms with Gasteiger partial charge in [-0.05, 0) is 43.7 Å². The first-order valence-corrected chi connectivity index (χ1v) is 15.5. The van der Waals surface area contributed by atoms with Crippen molar-refractivity contribution in [1.82, 2.24) is 15.5 Å². The van der Waals surface area contributed by atoms with Gasteiger partial charge in [0.2, 0.25) is 17.7 Å². The maximum Gasteiger partial charge on any atom is 0.244 e. The summed E-state index contributed by atoms with van der Waals surface area (Å²) in [6.45, 7) is 2.19. The number of likely N-dealkylation sites (tertiary alicyclic amines) is 1. The average Bonchev–Trinajstić information content (AvgIpc) is 3.55. The smallest absolute Gasteiger partial charge is 0.244 e. The lowest BCUT2D eigenvalue weighted by Crippen LogP contribution is -2.56. The summed E-state index contributed by atoms with van der Waals surface area (Å²) < 4.78 is -1.14. The standard InChI is InChI=1S/C32H39N3O4S/c1-31-17-18-32(40-31)26(25(31)28(37)33-19-21-11-5-2-6-12-21)30(39)35(24(20-36)22-13-7-3-8-14-22)27(32)29(38)34-23-15-9-4-10-16-23/h2-3,5-8,11-14,23-27,36H,4,9-10,15-20H2,1H3,(H,33,37)(H,34,38)/t24-,25-,26+,27?,31+,32?/m1/s1. The minimum Gasteiger partial charge on any atom is -0.394 e. The fourth-order valence-corrected chi connectivity index (χ4v) is 10.2. The molecule has 3 N–H and O–H groups in total. The van der Waals surface area contributed by atoms with Crippen LogP contribution < -0.4 is 10.6 Å². The van der Waals surface area contributed by atoms with Crippen molar-refractivity contribution in [2.24, 2.45) is 11.8 Å². The van der Waals surface area contributed by atoms with Crippen molar-refractivity contribution in [1.29, 1.82) is 0 Å². The molecular weight excluding hydrogens is 522 g/mol. The van der Waals surface area contributed by atoms with E-state index in [0.717, 1.165) is 43.2 Å². The monoisotopic (exact) mass is 561 g/mol. The summed E-state index contributed by atoms with van der Waals surface area (Å²) in [4.78, 5) is 44.3. The molecule has 3 amide bonds. The maximum absolute atomic E-state index is 14.5. The second-order valence-electron chi connectivity index (χ2n) is 12.1. The Balaban J connectivity index is 1.36. The fourth-order valence-electron chi connectivity index (χ4n) is 7.85. The lowest BCUT2D eigenvalue weighted by molar-refractivity contribution is -0.143. The van der Waals surface area contributed by atoms with Crippen LogP contribution in [0.1, 0.15) is 69.0 Å². The molecule has 2 unspecified atom stereocenters. The summed E-state index contributed by atoms with van der Waals surface area (Å²) in [5.74, 6) is -1.63. The maximum atomic E-state index is 14.5. The van der Waals surface area contributed by atoms with Gasteiger partial charge in [-0.3, -0.25) is 14.4 Å². The van der Waals surface area contributed by atoms with Gasteiger partial charge in [-0.2, -0.15) is 0 Å². The number of hydrogen-bond donors (Lipinski definition) is 3. The quantitative estimate of drug-likeness (QED) is 0.453. The number of aliphatic hydroxyl groups excluding tert-OH is 1. The van der Waals surface area contributed by atoms with Crippen molar-refractivity contribution in [3.63, 3.8) is 0 Å². The van der Waals surface area contributed by atoms with Gasteiger partial charge in [-0.1, -0.05) is 79.9 Å². The Kier molecular flexibility index (Phi) is 7.42. The average molecular weight is 562 g/mol. The van der Waals surface area contributed by atoms with Crippen molar-refractivity contribution < 1.29 is 19.5 Å². The van der Waals surface area contributed by atoms with E-state index >= 15 is 0 Å². The van der Waals surface area contributed by atoms with Crippen molar-refractivity contribution in [3.8, 4) is 0 Å². The third-order valence-corrected chi connectivity index (χ3v) is 11.7. The van der Waals surface area contributed by atoms with E-state index in [2.05, 4.69) is 17.6 Å². The van der Waals surface area contributed by atoms with E-state index < -0.39 is 33.4 Å². The highest BCUT2D eigenvalue weighted by atomic mass is 32.2. The molecule has 1 saturated carbocycles. The van der Waals surface area contributed by atoms with Gasteiger partial charge in [0.15, 0.2) is 0 Å². The zero-order chi connectivity index (χ0) is 27.9. The number of carbonyl (C=O) groups is 3. The zero-order valence-corrected chi connectivity index (χ0v) is 23.9. The van der Waals surface area contributed by atoms with E-state index in [-0.39, 0.29) is 30.4 Å². The minimum atomic E-state index is -0.747. The summed E-state index contributed by atoms with van der Waals surface area (Å²) in [6.07, 6.45) is 6.71. The van der Waals surface area contributed by atoms with E-state index in [4.69, 9.17) is 0 Å². The van der Waals surface area contributed by atoms with Gasteiger partial charge in [0.1, 0.15) is 6.04 Å². The van der Waals surface area contributed by atoms with E-state index in [0.29, 0.717) is 13.0 Å². The largest absolute Gasteiger partial charge is 0.394 e. The predicted molar refractivity (Wildman–Crippen MR) is 155 cm³/mol. The number of fused-ring (bicyclic) bond motifs is 1. The summed E-state index contributed by atoms with van der Waals surface area (Å²) in [5, 5.41) is 17.0. The van der Waals surface area contributed by atoms with Crippen molar-refractivity contribution in [2.45, 2.75) is 86.0 Å². The number of amides is 3. The normalized spacial score (nSPS) is 32.1. The molecule has 2 bridgehead atoms. The van der Waals surface area contributed by atoms with E-state index in [9.17, 15) is 19.5 Å². The number of carbonyl (C=O) groups excluding carboxylic acids is 3. The molecule has 4 aliphatic rings. The van der Waals surface area contributed by atoms with Gasteiger partial charge in [0, 0.05) is 17.3 Å². The summed E-state index contributed by atoms with van der Waals surface area (Å²) in [7, 11) is 0. The number of nitrogens with zero attached hydrogens (tertiary/aromatic N) is 1. The molecular formula is C32H39N3O4S. The molecule has 1 aliphatic carbocycles. The molecule has 212 valence electrons. The summed E-state index contributed by atoms with van der Waals surface area (Å²) in [6, 6.07) is 17.9. The lowest BCUT2D eigenvalue weighted by Gasteiger charge is -2.38. The molecule has 2 aromatic rings. The van der Waals surface area contributed by atoms with Crippen LogP contribution in [0.5, 0.6) is 0 Å². The molecule has 40 heavy (non-hydrogen) atoms. The second kappa shape index (κ2) is 10.9. The van der Waals surface area contributed by atoms with Gasteiger partial charge < -0.3 is 20.6 Å². The Labute approximate surface area is 240 Å². The molecule has 6 atom stereocenters. The van der Waals surface area contributed by atoms with Gasteiger partial charge in [0.05, 0.1) is 29.2 Å². The number of rotatable bonds is 8. The summed E-state index contributed by atoms with van der Waals surface area (Å²) in [5.41, 5.74) is 1.79. The SMILES string of the molecule is C[C@@]12CCC3(S1)C(C(=O)NC1CCCCC1)N([C@H](CO)c1ccccc1)C(=O)[C@@H]3[C@@H]2C(=O)NCc1ccccc1. The van der Waals surface area contributed by atoms with Crippen LogP contribution in [-0.2, 0) is 20.9 Å². The van der Waals surface area contributed by atoms with Crippen LogP contribution in [0, 0.1) is 11.8 Å². The highest BCUT2D eigenvalue weighted by Gasteiger charge is 2.77. The first kappa shape index (κ1) is 27.3. The summed E-state index contributed by atoms with van der Waals surface area (Å²) >= 11 is 1.67. The van der Waals surface area contributed by atoms with Crippen LogP contribution in [-0.4, -0.2) is 55.9 Å². The van der Waals surface area contributed by atoms with Gasteiger partial charge in [0.25, 0.3) is 0 Å². The lowest BCUT2D eigenvalue weighted by atomic mass is 9.66. The molecule has 7 nitrogen and oxygen atoms in total. The van der Waals surface area contributed by atoms with Gasteiger partial charge >= 0.3 is 0 Å². The van der Waals surface area contributed by atoms with Crippen LogP contribution >= 0.6 is 11.8 Å². The van der Waals surface area contributed by atoms with Crippen LogP contribution in [0.4, 0.5) is 0 Å². The Morgan fingerprint density at radius 3 is 2.35 bits per heavy atom. The van der Waals surface area contributed by atoms with Crippen LogP contribution in [0.2, 0.25) is 0 Å². The van der Waals surface area contributed by atoms with Crippen LogP contribution in [0.3, 0.4) is 0 Å². The van der Waals surface area contributed by atoms with Crippen molar-refractivity contribution in [3.05, 3.63) is 71.8 Å². The topological polar surface area (TPSA) is 98.7 Å². The van der Waals surface area contributed by atoms with E-state index in [1.807, 2.05) is 60.7 Å². The van der Waals surface area contributed by atoms with Crippen molar-refractivity contribution in [2.75, 3.05) is 6.61 Å². The number of nitrogens with one attached hydrogen (secondary N) is 2. The molecule has 3 saturated heterocycles. The molecule has 8 heteroatoms. The first-order chi connectivity index (χ1) is 19.4. The molecule has 0 aromatic heterocycles. The van der Waals surface area contributed by atoms with Crippen LogP contribution in [0.25, 0.3) is 0 Å². The van der Waals surface area contributed by atoms with Gasteiger partial charge in [-0.15, -0.1) is 11.8 Å². The van der Waals surface area contributed by atoms with Crippen molar-refractivity contribution >= 4 is 29.5 Å². The number of benzene rings is 2. The molecule has 6 rings (SSSR count). The zero-order valence-electron chi connectivity index (χ0n) is 23.1. The number of hydrogen-bond acceptors (Lipinski definition) is 5. The molecule has 3 heterocycles.